The number of piperidine rings is 1. The normalized spacial score (nSPS) is 25.9. The first kappa shape index (κ1) is 16.4. The average Bonchev–Trinajstić information content (AvgIpc) is 3.20. The lowest BCUT2D eigenvalue weighted by atomic mass is 10.1. The fraction of sp³-hybridized carbons (Fsp3) is 0.389. The highest BCUT2D eigenvalue weighted by molar-refractivity contribution is 7.89. The molecule has 1 aliphatic carbocycles. The van der Waals surface area contributed by atoms with Gasteiger partial charge in [-0.05, 0) is 49.2 Å². The third kappa shape index (κ3) is 2.87. The zero-order valence-corrected chi connectivity index (χ0v) is 14.7. The van der Waals surface area contributed by atoms with Crippen molar-refractivity contribution in [2.75, 3.05) is 13.7 Å². The Morgan fingerprint density at radius 3 is 2.60 bits per heavy atom. The molecule has 1 saturated heterocycles. The molecule has 2 aliphatic rings. The van der Waals surface area contributed by atoms with Crippen molar-refractivity contribution in [2.45, 2.75) is 29.9 Å². The molecule has 6 nitrogen and oxygen atoms in total. The van der Waals surface area contributed by atoms with Crippen molar-refractivity contribution < 1.29 is 17.9 Å². The number of benzene rings is 1. The lowest BCUT2D eigenvalue weighted by molar-refractivity contribution is 0.167. The van der Waals surface area contributed by atoms with Crippen LogP contribution in [0.1, 0.15) is 12.8 Å². The Morgan fingerprint density at radius 2 is 1.92 bits per heavy atom. The summed E-state index contributed by atoms with van der Waals surface area (Å²) in [6.45, 7) is 0.504. The van der Waals surface area contributed by atoms with Crippen molar-refractivity contribution >= 4 is 10.0 Å². The molecule has 1 aromatic carbocycles. The first-order valence-corrected chi connectivity index (χ1v) is 9.76. The Kier molecular flexibility index (Phi) is 4.13. The highest BCUT2D eigenvalue weighted by Crippen LogP contribution is 2.42. The van der Waals surface area contributed by atoms with Gasteiger partial charge in [-0.2, -0.15) is 4.31 Å². The Balaban J connectivity index is 1.57. The summed E-state index contributed by atoms with van der Waals surface area (Å²) in [6.07, 6.45) is 5.06. The van der Waals surface area contributed by atoms with Crippen LogP contribution < -0.4 is 9.47 Å². The fourth-order valence-electron chi connectivity index (χ4n) is 3.81. The quantitative estimate of drug-likeness (QED) is 0.818. The van der Waals surface area contributed by atoms with Gasteiger partial charge in [0.05, 0.1) is 24.2 Å². The molecule has 0 unspecified atom stereocenters. The van der Waals surface area contributed by atoms with Crippen molar-refractivity contribution in [3.05, 3.63) is 48.8 Å². The molecular weight excluding hydrogens is 340 g/mol. The van der Waals surface area contributed by atoms with E-state index in [0.29, 0.717) is 22.9 Å². The summed E-state index contributed by atoms with van der Waals surface area (Å²) in [7, 11) is -1.98. The summed E-state index contributed by atoms with van der Waals surface area (Å²) in [5.41, 5.74) is 0. The third-order valence-electron chi connectivity index (χ3n) is 5.03. The molecule has 0 radical (unpaired) electrons. The van der Waals surface area contributed by atoms with Crippen LogP contribution in [0, 0.1) is 5.92 Å². The van der Waals surface area contributed by atoms with Gasteiger partial charge in [-0.3, -0.25) is 4.98 Å². The standard InChI is InChI=1S/C18H20N2O4S/c1-23-14-5-7-16(8-6-14)25(21,22)20-12-13-4-9-17(20)18(13)24-15-3-2-10-19-11-15/h2-3,5-8,10-11,13,17-18H,4,9,12H2,1H3/t13-,17+,18-/m1/s1. The Bertz CT molecular complexity index is 839. The van der Waals surface area contributed by atoms with Crippen LogP contribution in [0.5, 0.6) is 11.5 Å². The molecule has 1 aliphatic heterocycles. The molecule has 0 spiro atoms. The van der Waals surface area contributed by atoms with E-state index in [9.17, 15) is 8.42 Å². The Hall–Kier alpha value is -2.12. The van der Waals surface area contributed by atoms with E-state index in [2.05, 4.69) is 4.98 Å². The maximum Gasteiger partial charge on any atom is 0.243 e. The number of pyridine rings is 1. The summed E-state index contributed by atoms with van der Waals surface area (Å²) in [4.78, 5) is 4.35. The average molecular weight is 360 g/mol. The zero-order valence-electron chi connectivity index (χ0n) is 13.9. The predicted molar refractivity (Wildman–Crippen MR) is 92.1 cm³/mol. The SMILES string of the molecule is COc1ccc(S(=O)(=O)N2C[C@H]3CC[C@H]2[C@@H]3Oc2cccnc2)cc1. The molecule has 7 heteroatoms. The minimum absolute atomic E-state index is 0.114. The smallest absolute Gasteiger partial charge is 0.243 e. The number of hydrogen-bond acceptors (Lipinski definition) is 5. The highest BCUT2D eigenvalue weighted by atomic mass is 32.2. The van der Waals surface area contributed by atoms with E-state index >= 15 is 0 Å². The fourth-order valence-corrected chi connectivity index (χ4v) is 5.53. The summed E-state index contributed by atoms with van der Waals surface area (Å²) >= 11 is 0. The number of aromatic nitrogens is 1. The van der Waals surface area contributed by atoms with E-state index in [4.69, 9.17) is 9.47 Å². The molecule has 1 aromatic heterocycles. The van der Waals surface area contributed by atoms with Gasteiger partial charge in [0.15, 0.2) is 0 Å². The summed E-state index contributed by atoms with van der Waals surface area (Å²) < 4.78 is 38.9. The van der Waals surface area contributed by atoms with E-state index in [1.165, 1.54) is 0 Å². The van der Waals surface area contributed by atoms with Crippen LogP contribution in [0.4, 0.5) is 0 Å². The highest BCUT2D eigenvalue weighted by Gasteiger charge is 2.53. The second-order valence-electron chi connectivity index (χ2n) is 6.43. The van der Waals surface area contributed by atoms with Crippen molar-refractivity contribution in [3.63, 3.8) is 0 Å². The van der Waals surface area contributed by atoms with Gasteiger partial charge in [-0.15, -0.1) is 0 Å². The Morgan fingerprint density at radius 1 is 1.12 bits per heavy atom. The van der Waals surface area contributed by atoms with Crippen LogP contribution in [-0.4, -0.2) is 43.5 Å². The van der Waals surface area contributed by atoms with Crippen LogP contribution in [0.3, 0.4) is 0 Å². The number of hydrogen-bond donors (Lipinski definition) is 0. The second kappa shape index (κ2) is 6.31. The number of sulfonamides is 1. The molecule has 0 amide bonds. The van der Waals surface area contributed by atoms with Gasteiger partial charge in [0.2, 0.25) is 10.0 Å². The van der Waals surface area contributed by atoms with Crippen molar-refractivity contribution in [1.29, 1.82) is 0 Å². The maximum atomic E-state index is 13.0. The maximum absolute atomic E-state index is 13.0. The molecular formula is C18H20N2O4S. The first-order valence-electron chi connectivity index (χ1n) is 8.32. The molecule has 1 saturated carbocycles. The lowest BCUT2D eigenvalue weighted by Gasteiger charge is -2.26. The monoisotopic (exact) mass is 360 g/mol. The molecule has 3 atom stereocenters. The number of nitrogens with zero attached hydrogens (tertiary/aromatic N) is 2. The number of fused-ring (bicyclic) bond motifs is 2. The molecule has 2 heterocycles. The molecule has 25 heavy (non-hydrogen) atoms. The first-order chi connectivity index (χ1) is 12.1. The van der Waals surface area contributed by atoms with E-state index in [0.717, 1.165) is 12.8 Å². The minimum Gasteiger partial charge on any atom is -0.497 e. The van der Waals surface area contributed by atoms with Gasteiger partial charge in [0.1, 0.15) is 17.6 Å². The van der Waals surface area contributed by atoms with Gasteiger partial charge >= 0.3 is 0 Å². The second-order valence-corrected chi connectivity index (χ2v) is 8.32. The zero-order chi connectivity index (χ0) is 17.4. The molecule has 0 N–H and O–H groups in total. The number of methoxy groups -OCH3 is 1. The van der Waals surface area contributed by atoms with Crippen LogP contribution in [-0.2, 0) is 10.0 Å². The predicted octanol–water partition coefficient (Wildman–Crippen LogP) is 2.32. The molecule has 4 rings (SSSR count). The van der Waals surface area contributed by atoms with Gasteiger partial charge in [-0.1, -0.05) is 0 Å². The lowest BCUT2D eigenvalue weighted by Crippen LogP contribution is -2.40. The van der Waals surface area contributed by atoms with Crippen molar-refractivity contribution in [2.24, 2.45) is 5.92 Å². The molecule has 2 aromatic rings. The van der Waals surface area contributed by atoms with Crippen LogP contribution >= 0.6 is 0 Å². The third-order valence-corrected chi connectivity index (χ3v) is 6.94. The van der Waals surface area contributed by atoms with Crippen molar-refractivity contribution in [3.8, 4) is 11.5 Å². The number of rotatable bonds is 5. The summed E-state index contributed by atoms with van der Waals surface area (Å²) in [5, 5.41) is 0. The molecule has 2 fully saturated rings. The van der Waals surface area contributed by atoms with Gasteiger partial charge in [0.25, 0.3) is 0 Å². The van der Waals surface area contributed by atoms with Gasteiger partial charge in [-0.25, -0.2) is 8.42 Å². The topological polar surface area (TPSA) is 68.7 Å². The van der Waals surface area contributed by atoms with E-state index in [1.807, 2.05) is 12.1 Å². The van der Waals surface area contributed by atoms with Crippen LogP contribution in [0.15, 0.2) is 53.7 Å². The van der Waals surface area contributed by atoms with E-state index in [1.54, 1.807) is 48.1 Å². The van der Waals surface area contributed by atoms with Gasteiger partial charge < -0.3 is 9.47 Å². The molecule has 132 valence electrons. The van der Waals surface area contributed by atoms with Gasteiger partial charge in [0, 0.05) is 18.7 Å². The largest absolute Gasteiger partial charge is 0.497 e. The minimum atomic E-state index is -3.54. The van der Waals surface area contributed by atoms with E-state index in [-0.39, 0.29) is 18.1 Å². The van der Waals surface area contributed by atoms with Crippen molar-refractivity contribution in [1.82, 2.24) is 9.29 Å². The molecule has 2 bridgehead atoms. The Labute approximate surface area is 147 Å². The summed E-state index contributed by atoms with van der Waals surface area (Å²) in [6, 6.07) is 10.1. The van der Waals surface area contributed by atoms with Crippen LogP contribution in [0.2, 0.25) is 0 Å². The van der Waals surface area contributed by atoms with Crippen LogP contribution in [0.25, 0.3) is 0 Å². The van der Waals surface area contributed by atoms with E-state index < -0.39 is 10.0 Å². The summed E-state index contributed by atoms with van der Waals surface area (Å²) in [5.74, 6) is 1.55. The number of ether oxygens (including phenoxy) is 2.